The first-order chi connectivity index (χ1) is 16.0. The number of benzene rings is 2. The van der Waals surface area contributed by atoms with Gasteiger partial charge in [0.05, 0.1) is 24.5 Å². The van der Waals surface area contributed by atoms with Crippen molar-refractivity contribution < 1.29 is 19.0 Å². The van der Waals surface area contributed by atoms with Gasteiger partial charge in [-0.25, -0.2) is 4.79 Å². The predicted octanol–water partition coefficient (Wildman–Crippen LogP) is 5.13. The molecular formula is C28H34N2O4. The van der Waals surface area contributed by atoms with Gasteiger partial charge < -0.3 is 19.9 Å². The summed E-state index contributed by atoms with van der Waals surface area (Å²) in [7, 11) is 0. The fourth-order valence-electron chi connectivity index (χ4n) is 4.76. The summed E-state index contributed by atoms with van der Waals surface area (Å²) >= 11 is 0. The maximum atomic E-state index is 11.7. The highest BCUT2D eigenvalue weighted by Crippen LogP contribution is 2.48. The Bertz CT molecular complexity index is 1190. The third-order valence-corrected chi connectivity index (χ3v) is 6.03. The summed E-state index contributed by atoms with van der Waals surface area (Å²) in [5.74, 6) is 1.24. The number of anilines is 1. The van der Waals surface area contributed by atoms with E-state index in [1.165, 1.54) is 11.6 Å². The zero-order valence-corrected chi connectivity index (χ0v) is 21.0. The molecule has 0 spiro atoms. The van der Waals surface area contributed by atoms with Crippen LogP contribution in [0.3, 0.4) is 0 Å². The smallest absolute Gasteiger partial charge is 0.330 e. The van der Waals surface area contributed by atoms with Gasteiger partial charge in [-0.3, -0.25) is 4.99 Å². The number of rotatable bonds is 6. The molecule has 2 aliphatic heterocycles. The van der Waals surface area contributed by atoms with Crippen LogP contribution in [-0.2, 0) is 22.4 Å². The van der Waals surface area contributed by atoms with E-state index in [-0.39, 0.29) is 17.1 Å². The molecule has 0 aromatic heterocycles. The minimum atomic E-state index is -0.387. The summed E-state index contributed by atoms with van der Waals surface area (Å²) in [6.07, 6.45) is 4.67. The van der Waals surface area contributed by atoms with E-state index in [1.807, 2.05) is 25.1 Å². The lowest BCUT2D eigenvalue weighted by atomic mass is 9.80. The maximum absolute atomic E-state index is 11.7. The van der Waals surface area contributed by atoms with Crippen LogP contribution < -0.4 is 15.2 Å². The Labute approximate surface area is 201 Å². The van der Waals surface area contributed by atoms with Crippen molar-refractivity contribution >= 4 is 23.4 Å². The zero-order chi connectivity index (χ0) is 24.7. The Morgan fingerprint density at radius 1 is 1.15 bits per heavy atom. The quantitative estimate of drug-likeness (QED) is 0.366. The predicted molar refractivity (Wildman–Crippen MR) is 136 cm³/mol. The number of ether oxygens (including phenoxy) is 3. The summed E-state index contributed by atoms with van der Waals surface area (Å²) in [6, 6.07) is 7.97. The van der Waals surface area contributed by atoms with Crippen LogP contribution in [0.4, 0.5) is 5.69 Å². The molecule has 0 unspecified atom stereocenters. The van der Waals surface area contributed by atoms with Crippen molar-refractivity contribution in [3.8, 4) is 11.5 Å². The largest absolute Gasteiger partial charge is 0.490 e. The lowest BCUT2D eigenvalue weighted by molar-refractivity contribution is -0.137. The third-order valence-electron chi connectivity index (χ3n) is 6.03. The second kappa shape index (κ2) is 8.82. The molecule has 6 heteroatoms. The monoisotopic (exact) mass is 462 g/mol. The second-order valence-electron chi connectivity index (χ2n) is 10.1. The van der Waals surface area contributed by atoms with Crippen LogP contribution in [0.5, 0.6) is 11.5 Å². The normalized spacial score (nSPS) is 17.5. The van der Waals surface area contributed by atoms with E-state index in [0.717, 1.165) is 52.3 Å². The van der Waals surface area contributed by atoms with Crippen molar-refractivity contribution in [2.24, 2.45) is 4.99 Å². The highest BCUT2D eigenvalue weighted by atomic mass is 16.5. The van der Waals surface area contributed by atoms with E-state index >= 15 is 0 Å². The molecule has 0 fully saturated rings. The first kappa shape index (κ1) is 23.9. The van der Waals surface area contributed by atoms with Gasteiger partial charge in [-0.15, -0.1) is 0 Å². The summed E-state index contributed by atoms with van der Waals surface area (Å²) in [5.41, 5.74) is 12.5. The lowest BCUT2D eigenvalue weighted by Crippen LogP contribution is -2.30. The van der Waals surface area contributed by atoms with Crippen molar-refractivity contribution in [2.75, 3.05) is 18.9 Å². The SMILES string of the molecule is CCOC(=O)/C=C/c1ccc(C2=NC(C)(C)Cc3cc(OCC)c4c(c32)CC(C)(C)O4)cc1N. The van der Waals surface area contributed by atoms with E-state index in [0.29, 0.717) is 18.9 Å². The van der Waals surface area contributed by atoms with Gasteiger partial charge in [0.15, 0.2) is 11.5 Å². The molecule has 0 aliphatic carbocycles. The first-order valence-electron chi connectivity index (χ1n) is 11.9. The van der Waals surface area contributed by atoms with Crippen LogP contribution in [0.2, 0.25) is 0 Å². The van der Waals surface area contributed by atoms with Crippen LogP contribution in [-0.4, -0.2) is 36.0 Å². The Morgan fingerprint density at radius 3 is 2.59 bits per heavy atom. The van der Waals surface area contributed by atoms with Crippen LogP contribution in [0.25, 0.3) is 6.08 Å². The molecule has 34 heavy (non-hydrogen) atoms. The van der Waals surface area contributed by atoms with Gasteiger partial charge in [-0.05, 0) is 77.3 Å². The Morgan fingerprint density at radius 2 is 1.91 bits per heavy atom. The highest BCUT2D eigenvalue weighted by Gasteiger charge is 2.39. The number of aliphatic imine (C=N–C) groups is 1. The third kappa shape index (κ3) is 4.67. The average Bonchev–Trinajstić information content (AvgIpc) is 3.07. The Balaban J connectivity index is 1.82. The van der Waals surface area contributed by atoms with Gasteiger partial charge in [0.1, 0.15) is 5.60 Å². The Hall–Kier alpha value is -3.28. The van der Waals surface area contributed by atoms with Crippen LogP contribution >= 0.6 is 0 Å². The standard InChI is InChI=1S/C28H34N2O4/c1-7-32-22-14-19-15-27(3,4)30-25(24(19)20-16-28(5,6)34-26(20)22)18-10-9-17(21(29)13-18)11-12-23(31)33-8-2/h9-14H,7-8,15-16,29H2,1-6H3/b12-11+. The number of hydrogen-bond acceptors (Lipinski definition) is 6. The van der Waals surface area contributed by atoms with Gasteiger partial charge in [-0.2, -0.15) is 0 Å². The summed E-state index contributed by atoms with van der Waals surface area (Å²) in [5, 5.41) is 0. The molecule has 4 rings (SSSR count). The molecule has 0 atom stereocenters. The molecule has 0 amide bonds. The van der Waals surface area contributed by atoms with Crippen LogP contribution in [0.15, 0.2) is 35.3 Å². The van der Waals surface area contributed by atoms with Crippen LogP contribution in [0, 0.1) is 0 Å². The number of carbonyl (C=O) groups excluding carboxylic acids is 1. The zero-order valence-electron chi connectivity index (χ0n) is 21.0. The summed E-state index contributed by atoms with van der Waals surface area (Å²) in [4.78, 5) is 16.9. The van der Waals surface area contributed by atoms with Gasteiger partial charge in [-0.1, -0.05) is 12.1 Å². The first-order valence-corrected chi connectivity index (χ1v) is 11.9. The minimum Gasteiger partial charge on any atom is -0.490 e. The Kier molecular flexibility index (Phi) is 6.19. The fourth-order valence-corrected chi connectivity index (χ4v) is 4.76. The van der Waals surface area contributed by atoms with Crippen molar-refractivity contribution in [3.05, 3.63) is 58.2 Å². The summed E-state index contributed by atoms with van der Waals surface area (Å²) < 4.78 is 17.3. The van der Waals surface area contributed by atoms with Crippen molar-refractivity contribution in [1.29, 1.82) is 0 Å². The molecule has 2 aliphatic rings. The molecule has 180 valence electrons. The molecular weight excluding hydrogens is 428 g/mol. The molecule has 2 N–H and O–H groups in total. The van der Waals surface area contributed by atoms with Crippen molar-refractivity contribution in [1.82, 2.24) is 0 Å². The lowest BCUT2D eigenvalue weighted by Gasteiger charge is -2.31. The van der Waals surface area contributed by atoms with E-state index in [2.05, 4.69) is 33.8 Å². The maximum Gasteiger partial charge on any atom is 0.330 e. The van der Waals surface area contributed by atoms with E-state index in [1.54, 1.807) is 13.0 Å². The molecule has 2 aromatic carbocycles. The topological polar surface area (TPSA) is 83.1 Å². The summed E-state index contributed by atoms with van der Waals surface area (Å²) in [6.45, 7) is 13.2. The van der Waals surface area contributed by atoms with Crippen LogP contribution in [0.1, 0.15) is 69.4 Å². The number of fused-ring (bicyclic) bond motifs is 3. The number of nitrogen functional groups attached to an aromatic ring is 1. The molecule has 2 aromatic rings. The van der Waals surface area contributed by atoms with Gasteiger partial charge >= 0.3 is 5.97 Å². The fraction of sp³-hybridized carbons (Fsp3) is 0.429. The number of nitrogens with zero attached hydrogens (tertiary/aromatic N) is 1. The number of esters is 1. The van der Waals surface area contributed by atoms with Gasteiger partial charge in [0.2, 0.25) is 0 Å². The average molecular weight is 463 g/mol. The van der Waals surface area contributed by atoms with Gasteiger partial charge in [0, 0.05) is 34.9 Å². The number of carbonyl (C=O) groups is 1. The van der Waals surface area contributed by atoms with E-state index < -0.39 is 0 Å². The molecule has 2 heterocycles. The molecule has 0 saturated heterocycles. The molecule has 6 nitrogen and oxygen atoms in total. The van der Waals surface area contributed by atoms with Gasteiger partial charge in [0.25, 0.3) is 0 Å². The van der Waals surface area contributed by atoms with Crippen molar-refractivity contribution in [3.63, 3.8) is 0 Å². The van der Waals surface area contributed by atoms with E-state index in [4.69, 9.17) is 24.9 Å². The molecule has 0 bridgehead atoms. The second-order valence-corrected chi connectivity index (χ2v) is 10.1. The van der Waals surface area contributed by atoms with E-state index in [9.17, 15) is 4.79 Å². The number of nitrogens with two attached hydrogens (primary N) is 1. The van der Waals surface area contributed by atoms with Crippen molar-refractivity contribution in [2.45, 2.75) is 65.5 Å². The molecule has 0 saturated carbocycles. The molecule has 0 radical (unpaired) electrons. The number of hydrogen-bond donors (Lipinski definition) is 1. The minimum absolute atomic E-state index is 0.272. The highest BCUT2D eigenvalue weighted by molar-refractivity contribution is 6.16.